The standard InChI is InChI=1S/C25H19N3O5/c1-16-3-7-19(8-4-16)24-15-20(14-18-5-9-21(10-6-18)27(30)31)25(29)26(24)23-12-11-22(28(32)33)13-17(23)2/h3-15H,1-2H3/b20-14+. The van der Waals surface area contributed by atoms with Crippen molar-refractivity contribution in [2.24, 2.45) is 0 Å². The van der Waals surface area contributed by atoms with Crippen molar-refractivity contribution in [3.05, 3.63) is 121 Å². The molecule has 0 N–H and O–H groups in total. The first-order chi connectivity index (χ1) is 15.7. The van der Waals surface area contributed by atoms with Crippen LogP contribution in [0.15, 0.2) is 78.4 Å². The van der Waals surface area contributed by atoms with Crippen LogP contribution in [0.4, 0.5) is 17.1 Å². The second-order valence-corrected chi connectivity index (χ2v) is 7.71. The third-order valence-electron chi connectivity index (χ3n) is 5.39. The lowest BCUT2D eigenvalue weighted by atomic mass is 10.1. The number of nitrogens with zero attached hydrogens (tertiary/aromatic N) is 3. The molecule has 33 heavy (non-hydrogen) atoms. The first-order valence-electron chi connectivity index (χ1n) is 10.1. The molecule has 0 spiro atoms. The summed E-state index contributed by atoms with van der Waals surface area (Å²) in [7, 11) is 0. The summed E-state index contributed by atoms with van der Waals surface area (Å²) < 4.78 is 0. The Kier molecular flexibility index (Phi) is 5.58. The zero-order valence-corrected chi connectivity index (χ0v) is 17.9. The molecule has 1 aliphatic rings. The molecule has 4 rings (SSSR count). The van der Waals surface area contributed by atoms with E-state index in [1.165, 1.54) is 24.3 Å². The molecule has 3 aromatic carbocycles. The van der Waals surface area contributed by atoms with Crippen LogP contribution in [0.2, 0.25) is 0 Å². The van der Waals surface area contributed by atoms with Gasteiger partial charge in [-0.15, -0.1) is 0 Å². The summed E-state index contributed by atoms with van der Waals surface area (Å²) in [6.45, 7) is 3.69. The summed E-state index contributed by atoms with van der Waals surface area (Å²) in [6, 6.07) is 18.0. The summed E-state index contributed by atoms with van der Waals surface area (Å²) in [5.41, 5.74) is 4.63. The van der Waals surface area contributed by atoms with Gasteiger partial charge >= 0.3 is 0 Å². The number of amides is 1. The van der Waals surface area contributed by atoms with E-state index in [4.69, 9.17) is 0 Å². The van der Waals surface area contributed by atoms with Crippen LogP contribution in [0.3, 0.4) is 0 Å². The molecule has 8 nitrogen and oxygen atoms in total. The van der Waals surface area contributed by atoms with Gasteiger partial charge in [0.2, 0.25) is 0 Å². The molecule has 8 heteroatoms. The first-order valence-corrected chi connectivity index (χ1v) is 10.1. The Bertz CT molecular complexity index is 1340. The van der Waals surface area contributed by atoms with E-state index in [9.17, 15) is 25.0 Å². The van der Waals surface area contributed by atoms with E-state index >= 15 is 0 Å². The van der Waals surface area contributed by atoms with Crippen LogP contribution in [-0.4, -0.2) is 15.8 Å². The molecule has 0 atom stereocenters. The smallest absolute Gasteiger partial charge is 0.269 e. The number of nitro groups is 2. The third kappa shape index (κ3) is 4.27. The number of hydrogen-bond acceptors (Lipinski definition) is 5. The minimum atomic E-state index is -0.480. The average Bonchev–Trinajstić information content (AvgIpc) is 3.10. The molecule has 0 aromatic heterocycles. The van der Waals surface area contributed by atoms with Gasteiger partial charge in [0, 0.05) is 29.8 Å². The van der Waals surface area contributed by atoms with E-state index < -0.39 is 9.85 Å². The Hall–Kier alpha value is -4.59. The molecule has 1 aliphatic heterocycles. The molecule has 3 aromatic rings. The molecule has 0 saturated heterocycles. The highest BCUT2D eigenvalue weighted by Gasteiger charge is 2.31. The predicted octanol–water partition coefficient (Wildman–Crippen LogP) is 5.59. The highest BCUT2D eigenvalue weighted by Crippen LogP contribution is 2.38. The molecular formula is C25H19N3O5. The van der Waals surface area contributed by atoms with Crippen molar-refractivity contribution in [1.82, 2.24) is 0 Å². The second-order valence-electron chi connectivity index (χ2n) is 7.71. The summed E-state index contributed by atoms with van der Waals surface area (Å²) in [4.78, 5) is 36.1. The fourth-order valence-corrected chi connectivity index (χ4v) is 3.67. The summed E-state index contributed by atoms with van der Waals surface area (Å²) in [6.07, 6.45) is 3.43. The lowest BCUT2D eigenvalue weighted by molar-refractivity contribution is -0.385. The Labute approximate surface area is 189 Å². The van der Waals surface area contributed by atoms with Gasteiger partial charge in [0.25, 0.3) is 17.3 Å². The van der Waals surface area contributed by atoms with Crippen molar-refractivity contribution in [3.63, 3.8) is 0 Å². The quantitative estimate of drug-likeness (QED) is 0.291. The fraction of sp³-hybridized carbons (Fsp3) is 0.0800. The fourth-order valence-electron chi connectivity index (χ4n) is 3.67. The van der Waals surface area contributed by atoms with Crippen LogP contribution in [0, 0.1) is 34.1 Å². The minimum Gasteiger partial charge on any atom is -0.276 e. The SMILES string of the molecule is Cc1ccc(C2=C/C(=C\c3ccc([N+](=O)[O-])cc3)C(=O)N2c2ccc([N+](=O)[O-])cc2C)cc1. The number of carbonyl (C=O) groups excluding carboxylic acids is 1. The van der Waals surface area contributed by atoms with Gasteiger partial charge in [-0.2, -0.15) is 0 Å². The van der Waals surface area contributed by atoms with E-state index in [1.54, 1.807) is 42.2 Å². The average molecular weight is 441 g/mol. The molecule has 0 fully saturated rings. The van der Waals surface area contributed by atoms with Gasteiger partial charge < -0.3 is 0 Å². The van der Waals surface area contributed by atoms with E-state index in [-0.39, 0.29) is 17.3 Å². The number of anilines is 1. The number of hydrogen-bond donors (Lipinski definition) is 0. The summed E-state index contributed by atoms with van der Waals surface area (Å²) in [5, 5.41) is 22.1. The van der Waals surface area contributed by atoms with Crippen LogP contribution in [-0.2, 0) is 4.79 Å². The molecular weight excluding hydrogens is 422 g/mol. The highest BCUT2D eigenvalue weighted by atomic mass is 16.6. The van der Waals surface area contributed by atoms with Crippen molar-refractivity contribution in [3.8, 4) is 0 Å². The highest BCUT2D eigenvalue weighted by molar-refractivity contribution is 6.23. The first kappa shape index (κ1) is 21.6. The summed E-state index contributed by atoms with van der Waals surface area (Å²) >= 11 is 0. The van der Waals surface area contributed by atoms with E-state index in [0.29, 0.717) is 28.1 Å². The van der Waals surface area contributed by atoms with Crippen molar-refractivity contribution in [2.75, 3.05) is 4.90 Å². The van der Waals surface area contributed by atoms with E-state index in [1.807, 2.05) is 31.2 Å². The van der Waals surface area contributed by atoms with Crippen molar-refractivity contribution >= 4 is 34.7 Å². The molecule has 0 saturated carbocycles. The molecule has 1 amide bonds. The van der Waals surface area contributed by atoms with Gasteiger partial charge in [0.15, 0.2) is 0 Å². The maximum absolute atomic E-state index is 13.5. The van der Waals surface area contributed by atoms with Crippen molar-refractivity contribution < 1.29 is 14.6 Å². The van der Waals surface area contributed by atoms with Gasteiger partial charge in [-0.05, 0) is 60.9 Å². The largest absolute Gasteiger partial charge is 0.276 e. The third-order valence-corrected chi connectivity index (χ3v) is 5.39. The number of aryl methyl sites for hydroxylation is 2. The molecule has 1 heterocycles. The maximum Gasteiger partial charge on any atom is 0.269 e. The van der Waals surface area contributed by atoms with Gasteiger partial charge in [0.1, 0.15) is 0 Å². The van der Waals surface area contributed by atoms with E-state index in [0.717, 1.165) is 11.1 Å². The minimum absolute atomic E-state index is 0.0334. The Morgan fingerprint density at radius 1 is 0.818 bits per heavy atom. The van der Waals surface area contributed by atoms with Gasteiger partial charge in [-0.25, -0.2) is 0 Å². The second kappa shape index (κ2) is 8.51. The van der Waals surface area contributed by atoms with Gasteiger partial charge in [0.05, 0.1) is 21.2 Å². The Morgan fingerprint density at radius 2 is 1.42 bits per heavy atom. The van der Waals surface area contributed by atoms with Crippen LogP contribution in [0.1, 0.15) is 22.3 Å². The maximum atomic E-state index is 13.5. The predicted molar refractivity (Wildman–Crippen MR) is 126 cm³/mol. The number of carbonyl (C=O) groups is 1. The lowest BCUT2D eigenvalue weighted by Crippen LogP contribution is -2.25. The number of benzene rings is 3. The number of non-ortho nitro benzene ring substituents is 2. The molecule has 164 valence electrons. The lowest BCUT2D eigenvalue weighted by Gasteiger charge is -2.22. The van der Waals surface area contributed by atoms with Crippen LogP contribution in [0.25, 0.3) is 11.8 Å². The monoisotopic (exact) mass is 441 g/mol. The summed E-state index contributed by atoms with van der Waals surface area (Å²) in [5.74, 6) is -0.291. The van der Waals surface area contributed by atoms with Gasteiger partial charge in [-0.3, -0.25) is 29.9 Å². The molecule has 0 bridgehead atoms. The molecule has 0 radical (unpaired) electrons. The van der Waals surface area contributed by atoms with Crippen molar-refractivity contribution in [2.45, 2.75) is 13.8 Å². The molecule has 0 unspecified atom stereocenters. The number of nitro benzene ring substituents is 2. The van der Waals surface area contributed by atoms with Crippen LogP contribution >= 0.6 is 0 Å². The topological polar surface area (TPSA) is 107 Å². The zero-order valence-electron chi connectivity index (χ0n) is 17.9. The zero-order chi connectivity index (χ0) is 23.7. The Morgan fingerprint density at radius 3 is 2.00 bits per heavy atom. The van der Waals surface area contributed by atoms with E-state index in [2.05, 4.69) is 0 Å². The van der Waals surface area contributed by atoms with Crippen LogP contribution < -0.4 is 4.90 Å². The van der Waals surface area contributed by atoms with Crippen molar-refractivity contribution in [1.29, 1.82) is 0 Å². The van der Waals surface area contributed by atoms with Crippen LogP contribution in [0.5, 0.6) is 0 Å². The normalized spacial score (nSPS) is 14.5. The van der Waals surface area contributed by atoms with Gasteiger partial charge in [-0.1, -0.05) is 29.8 Å². The molecule has 0 aliphatic carbocycles. The Balaban J connectivity index is 1.81. The number of rotatable bonds is 5.